The van der Waals surface area contributed by atoms with Gasteiger partial charge < -0.3 is 15.8 Å². The van der Waals surface area contributed by atoms with Crippen LogP contribution in [0.4, 0.5) is 0 Å². The highest BCUT2D eigenvalue weighted by molar-refractivity contribution is 5.90. The lowest BCUT2D eigenvalue weighted by molar-refractivity contribution is -0.403. The van der Waals surface area contributed by atoms with Crippen LogP contribution in [-0.4, -0.2) is 35.9 Å². The van der Waals surface area contributed by atoms with Crippen LogP contribution in [0.3, 0.4) is 0 Å². The number of quaternary nitrogens is 1. The highest BCUT2D eigenvalue weighted by Crippen LogP contribution is 2.19. The zero-order chi connectivity index (χ0) is 24.3. The molecule has 1 amide bonds. The van der Waals surface area contributed by atoms with Gasteiger partial charge in [0, 0.05) is 24.3 Å². The minimum absolute atomic E-state index is 0.0868. The summed E-state index contributed by atoms with van der Waals surface area (Å²) in [4.78, 5) is 28.4. The Bertz CT molecular complexity index is 948. The Hall–Kier alpha value is -3.35. The molecule has 4 N–H and O–H groups in total. The lowest BCUT2D eigenvalue weighted by atomic mass is 9.98. The first-order valence-electron chi connectivity index (χ1n) is 11.2. The second kappa shape index (κ2) is 12.6. The molecule has 0 aliphatic rings. The summed E-state index contributed by atoms with van der Waals surface area (Å²) >= 11 is 0. The maximum atomic E-state index is 12.9. The van der Waals surface area contributed by atoms with E-state index < -0.39 is 12.1 Å². The predicted octanol–water partition coefficient (Wildman–Crippen LogP) is 3.40. The van der Waals surface area contributed by atoms with Gasteiger partial charge >= 0.3 is 0 Å². The number of carbonyl (C=O) groups is 2. The minimum Gasteiger partial charge on any atom is -0.488 e. The van der Waals surface area contributed by atoms with Crippen molar-refractivity contribution in [1.29, 1.82) is 0 Å². The Morgan fingerprint density at radius 1 is 1.06 bits per heavy atom. The molecule has 0 saturated carbocycles. The molecule has 2 atom stereocenters. The first kappa shape index (κ1) is 25.9. The number of nitrogens with one attached hydrogen (secondary N) is 1. The molecule has 0 heterocycles. The number of rotatable bonds is 12. The summed E-state index contributed by atoms with van der Waals surface area (Å²) in [6, 6.07) is 16.0. The van der Waals surface area contributed by atoms with Crippen LogP contribution in [0.1, 0.15) is 44.7 Å². The number of nitrogens with zero attached hydrogens (tertiary/aromatic N) is 3. The van der Waals surface area contributed by atoms with Crippen LogP contribution in [0.25, 0.3) is 10.4 Å². The monoisotopic (exact) mass is 452 g/mol. The molecule has 8 nitrogen and oxygen atoms in total. The van der Waals surface area contributed by atoms with E-state index in [4.69, 9.17) is 10.3 Å². The molecule has 0 spiro atoms. The fraction of sp³-hybridized carbons (Fsp3) is 0.440. The zero-order valence-corrected chi connectivity index (χ0v) is 19.7. The van der Waals surface area contributed by atoms with Gasteiger partial charge in [0.25, 0.3) is 5.91 Å². The van der Waals surface area contributed by atoms with Crippen molar-refractivity contribution in [1.82, 2.24) is 5.32 Å². The summed E-state index contributed by atoms with van der Waals surface area (Å²) in [6.45, 7) is 6.21. The van der Waals surface area contributed by atoms with Crippen molar-refractivity contribution in [3.8, 4) is 5.75 Å². The van der Waals surface area contributed by atoms with E-state index >= 15 is 0 Å². The predicted molar refractivity (Wildman–Crippen MR) is 128 cm³/mol. The number of ether oxygens (including phenoxy) is 1. The van der Waals surface area contributed by atoms with Gasteiger partial charge in [-0.05, 0) is 62.4 Å². The Balaban J connectivity index is 2.00. The smallest absolute Gasteiger partial charge is 0.279 e. The molecule has 0 aromatic heterocycles. The van der Waals surface area contributed by atoms with Gasteiger partial charge in [-0.2, -0.15) is 0 Å². The molecule has 176 valence electrons. The summed E-state index contributed by atoms with van der Waals surface area (Å²) in [5.74, 6) is 0.413. The minimum atomic E-state index is -0.655. The first-order valence-corrected chi connectivity index (χ1v) is 11.2. The van der Waals surface area contributed by atoms with Gasteiger partial charge in [0.05, 0.1) is 6.04 Å². The van der Waals surface area contributed by atoms with Gasteiger partial charge in [0.1, 0.15) is 11.4 Å². The lowest BCUT2D eigenvalue weighted by Crippen LogP contribution is -2.69. The van der Waals surface area contributed by atoms with Crippen molar-refractivity contribution in [2.24, 2.45) is 5.11 Å². The number of Topliss-reactive ketones (excluding diaryl/α,β-unsaturated/α-hetero) is 1. The van der Waals surface area contributed by atoms with Gasteiger partial charge in [-0.1, -0.05) is 47.6 Å². The molecule has 0 bridgehead atoms. The summed E-state index contributed by atoms with van der Waals surface area (Å²) in [5.41, 5.74) is 14.1. The van der Waals surface area contributed by atoms with Crippen LogP contribution in [-0.2, 0) is 22.4 Å². The van der Waals surface area contributed by atoms with Gasteiger partial charge in [-0.15, -0.1) is 0 Å². The topological polar surface area (TPSA) is 132 Å². The number of hydrogen-bond acceptors (Lipinski definition) is 4. The van der Waals surface area contributed by atoms with E-state index in [2.05, 4.69) is 21.1 Å². The number of carbonyl (C=O) groups excluding carboxylic acids is 2. The fourth-order valence-corrected chi connectivity index (χ4v) is 3.35. The molecular formula is C25H34N5O3+. The molecule has 0 radical (unpaired) electrons. The van der Waals surface area contributed by atoms with E-state index in [0.717, 1.165) is 16.9 Å². The third-order valence-electron chi connectivity index (χ3n) is 4.93. The van der Waals surface area contributed by atoms with Crippen molar-refractivity contribution < 1.29 is 20.1 Å². The number of benzene rings is 2. The van der Waals surface area contributed by atoms with Crippen LogP contribution in [0.5, 0.6) is 5.75 Å². The number of azide groups is 1. The van der Waals surface area contributed by atoms with Crippen molar-refractivity contribution in [3.05, 3.63) is 76.2 Å². The summed E-state index contributed by atoms with van der Waals surface area (Å²) in [5, 5.41) is 6.36. The third kappa shape index (κ3) is 9.76. The largest absolute Gasteiger partial charge is 0.488 e. The quantitative estimate of drug-likeness (QED) is 0.221. The van der Waals surface area contributed by atoms with Gasteiger partial charge in [0.2, 0.25) is 0 Å². The first-order chi connectivity index (χ1) is 15.7. The van der Waals surface area contributed by atoms with Crippen molar-refractivity contribution in [3.63, 3.8) is 0 Å². The Labute approximate surface area is 195 Å². The normalized spacial score (nSPS) is 12.8. The molecule has 2 aromatic rings. The van der Waals surface area contributed by atoms with Crippen molar-refractivity contribution >= 4 is 11.7 Å². The molecule has 0 unspecified atom stereocenters. The molecule has 2 aromatic carbocycles. The molecule has 0 aliphatic heterocycles. The van der Waals surface area contributed by atoms with Gasteiger partial charge in [-0.3, -0.25) is 9.59 Å². The molecule has 0 saturated heterocycles. The van der Waals surface area contributed by atoms with Crippen LogP contribution in [0.2, 0.25) is 0 Å². The van der Waals surface area contributed by atoms with Crippen LogP contribution in [0.15, 0.2) is 59.7 Å². The van der Waals surface area contributed by atoms with E-state index in [1.165, 1.54) is 0 Å². The lowest BCUT2D eigenvalue weighted by Gasteiger charge is -2.21. The zero-order valence-electron chi connectivity index (χ0n) is 19.7. The highest BCUT2D eigenvalue weighted by Gasteiger charge is 2.25. The van der Waals surface area contributed by atoms with E-state index in [0.29, 0.717) is 19.3 Å². The third-order valence-corrected chi connectivity index (χ3v) is 4.93. The number of amides is 1. The molecule has 2 rings (SSSR count). The van der Waals surface area contributed by atoms with Crippen molar-refractivity contribution in [2.75, 3.05) is 6.54 Å². The summed E-state index contributed by atoms with van der Waals surface area (Å²) in [7, 11) is 0. The van der Waals surface area contributed by atoms with E-state index in [1.54, 1.807) is 0 Å². The molecule has 8 heteroatoms. The Kier molecular flexibility index (Phi) is 9.91. The molecule has 0 aliphatic carbocycles. The van der Waals surface area contributed by atoms with E-state index in [9.17, 15) is 9.59 Å². The second-order valence-corrected chi connectivity index (χ2v) is 9.03. The Morgan fingerprint density at radius 2 is 1.70 bits per heavy atom. The van der Waals surface area contributed by atoms with E-state index in [1.807, 2.05) is 75.4 Å². The van der Waals surface area contributed by atoms with Crippen LogP contribution < -0.4 is 15.8 Å². The van der Waals surface area contributed by atoms with Crippen molar-refractivity contribution in [2.45, 2.75) is 64.1 Å². The Morgan fingerprint density at radius 3 is 2.30 bits per heavy atom. The van der Waals surface area contributed by atoms with Crippen LogP contribution >= 0.6 is 0 Å². The van der Waals surface area contributed by atoms with Gasteiger partial charge in [-0.25, -0.2) is 0 Å². The molecule has 33 heavy (non-hydrogen) atoms. The van der Waals surface area contributed by atoms with Gasteiger partial charge in [0.15, 0.2) is 11.8 Å². The molecular weight excluding hydrogens is 418 g/mol. The maximum absolute atomic E-state index is 12.9. The summed E-state index contributed by atoms with van der Waals surface area (Å²) in [6.07, 6.45) is 1.53. The number of ketones is 1. The van der Waals surface area contributed by atoms with Crippen LogP contribution in [0, 0.1) is 0 Å². The standard InChI is InChI=1S/C25H33N5O3/c1-25(2,3)33-20-13-11-19(12-14-20)16-21(26)24(32)29-22(17-18-8-5-4-6-9-18)23(31)10-7-15-28-30-27/h4-6,8-9,11-14,21-22H,7,10,15-17,26H2,1-3H3,(H,29,32)/p+1/t21-,22-/m0/s1. The highest BCUT2D eigenvalue weighted by atomic mass is 16.5. The second-order valence-electron chi connectivity index (χ2n) is 9.03. The number of hydrogen-bond donors (Lipinski definition) is 2. The van der Waals surface area contributed by atoms with E-state index in [-0.39, 0.29) is 30.3 Å². The fourth-order valence-electron chi connectivity index (χ4n) is 3.35. The average Bonchev–Trinajstić information content (AvgIpc) is 2.77. The molecule has 0 fully saturated rings. The maximum Gasteiger partial charge on any atom is 0.279 e. The summed E-state index contributed by atoms with van der Waals surface area (Å²) < 4.78 is 5.83. The average molecular weight is 453 g/mol. The SMILES string of the molecule is CC(C)(C)Oc1ccc(C[C@H]([NH3+])C(=O)N[C@@H](Cc2ccccc2)C(=O)CCCN=[N+]=[N-])cc1.